The fraction of sp³-hybridized carbons (Fsp3) is 0.385. The van der Waals surface area contributed by atoms with Crippen molar-refractivity contribution in [3.8, 4) is 0 Å². The Morgan fingerprint density at radius 1 is 1.56 bits per heavy atom. The molecule has 1 amide bonds. The molecule has 5 heteroatoms. The first-order valence-corrected chi connectivity index (χ1v) is 5.76. The molecular weight excluding hydrogens is 235 g/mol. The molecule has 18 heavy (non-hydrogen) atoms. The second-order valence-electron chi connectivity index (χ2n) is 4.89. The smallest absolute Gasteiger partial charge is 0.225 e. The molecule has 2 rings (SSSR count). The maximum Gasteiger partial charge on any atom is 0.225 e. The number of rotatable bonds is 3. The van der Waals surface area contributed by atoms with Gasteiger partial charge in [0, 0.05) is 13.1 Å². The molecule has 0 radical (unpaired) electrons. The summed E-state index contributed by atoms with van der Waals surface area (Å²) in [6.45, 7) is 2.78. The van der Waals surface area contributed by atoms with Gasteiger partial charge in [0.2, 0.25) is 5.91 Å². The lowest BCUT2D eigenvalue weighted by Gasteiger charge is -2.23. The lowest BCUT2D eigenvalue weighted by molar-refractivity contribution is -0.125. The molecule has 96 valence electrons. The van der Waals surface area contributed by atoms with Crippen LogP contribution in [0.15, 0.2) is 18.2 Å². The number of halogens is 1. The molecule has 1 unspecified atom stereocenters. The normalized spacial score (nSPS) is 23.1. The molecule has 1 aliphatic rings. The largest absolute Gasteiger partial charge is 0.370 e. The maximum absolute atomic E-state index is 13.5. The van der Waals surface area contributed by atoms with Gasteiger partial charge in [-0.25, -0.2) is 4.39 Å². The van der Waals surface area contributed by atoms with E-state index in [-0.39, 0.29) is 11.5 Å². The van der Waals surface area contributed by atoms with Crippen molar-refractivity contribution in [3.05, 3.63) is 29.6 Å². The number of carbonyl (C=O) groups is 2. The van der Waals surface area contributed by atoms with Crippen molar-refractivity contribution in [2.45, 2.75) is 13.3 Å². The van der Waals surface area contributed by atoms with Crippen LogP contribution in [-0.4, -0.2) is 25.3 Å². The van der Waals surface area contributed by atoms with E-state index in [1.807, 2.05) is 4.90 Å². The SMILES string of the molecule is CC1(C(N)=O)CCN(c2cccc(F)c2C=O)C1. The Labute approximate surface area is 105 Å². The van der Waals surface area contributed by atoms with E-state index in [9.17, 15) is 14.0 Å². The molecule has 1 aromatic rings. The fourth-order valence-electron chi connectivity index (χ4n) is 2.29. The van der Waals surface area contributed by atoms with E-state index >= 15 is 0 Å². The Bertz CT molecular complexity index is 504. The molecule has 0 aromatic heterocycles. The molecule has 1 heterocycles. The molecule has 0 aliphatic carbocycles. The van der Waals surface area contributed by atoms with Crippen LogP contribution in [0, 0.1) is 11.2 Å². The van der Waals surface area contributed by atoms with Crippen molar-refractivity contribution in [3.63, 3.8) is 0 Å². The maximum atomic E-state index is 13.5. The van der Waals surface area contributed by atoms with E-state index in [1.54, 1.807) is 19.1 Å². The van der Waals surface area contributed by atoms with Crippen LogP contribution in [0.3, 0.4) is 0 Å². The summed E-state index contributed by atoms with van der Waals surface area (Å²) in [5, 5.41) is 0. The van der Waals surface area contributed by atoms with Gasteiger partial charge in [0.15, 0.2) is 6.29 Å². The zero-order valence-electron chi connectivity index (χ0n) is 10.1. The van der Waals surface area contributed by atoms with Crippen LogP contribution < -0.4 is 10.6 Å². The van der Waals surface area contributed by atoms with Gasteiger partial charge in [0.25, 0.3) is 0 Å². The lowest BCUT2D eigenvalue weighted by Crippen LogP contribution is -2.37. The highest BCUT2D eigenvalue weighted by molar-refractivity contribution is 5.86. The third-order valence-corrected chi connectivity index (χ3v) is 3.56. The second kappa shape index (κ2) is 4.40. The summed E-state index contributed by atoms with van der Waals surface area (Å²) in [6, 6.07) is 4.48. The number of benzene rings is 1. The van der Waals surface area contributed by atoms with Crippen LogP contribution in [0.2, 0.25) is 0 Å². The summed E-state index contributed by atoms with van der Waals surface area (Å²) >= 11 is 0. The van der Waals surface area contributed by atoms with Crippen LogP contribution in [-0.2, 0) is 4.79 Å². The van der Waals surface area contributed by atoms with Gasteiger partial charge < -0.3 is 10.6 Å². The number of hydrogen-bond acceptors (Lipinski definition) is 3. The zero-order chi connectivity index (χ0) is 13.3. The van der Waals surface area contributed by atoms with Crippen molar-refractivity contribution < 1.29 is 14.0 Å². The molecule has 1 saturated heterocycles. The third kappa shape index (κ3) is 1.96. The van der Waals surface area contributed by atoms with Gasteiger partial charge in [-0.2, -0.15) is 0 Å². The van der Waals surface area contributed by atoms with Gasteiger partial charge in [-0.15, -0.1) is 0 Å². The average Bonchev–Trinajstić information content (AvgIpc) is 2.73. The van der Waals surface area contributed by atoms with E-state index in [0.717, 1.165) is 0 Å². The van der Waals surface area contributed by atoms with E-state index in [0.29, 0.717) is 31.5 Å². The number of nitrogens with zero attached hydrogens (tertiary/aromatic N) is 1. The Morgan fingerprint density at radius 2 is 2.28 bits per heavy atom. The van der Waals surface area contributed by atoms with Crippen molar-refractivity contribution in [2.24, 2.45) is 11.1 Å². The molecule has 1 aromatic carbocycles. The van der Waals surface area contributed by atoms with E-state index in [2.05, 4.69) is 0 Å². The Morgan fingerprint density at radius 3 is 2.83 bits per heavy atom. The first-order chi connectivity index (χ1) is 8.48. The summed E-state index contributed by atoms with van der Waals surface area (Å²) in [5.41, 5.74) is 5.30. The van der Waals surface area contributed by atoms with E-state index < -0.39 is 11.2 Å². The van der Waals surface area contributed by atoms with Crippen molar-refractivity contribution in [1.82, 2.24) is 0 Å². The van der Waals surface area contributed by atoms with Gasteiger partial charge in [0.05, 0.1) is 16.7 Å². The molecular formula is C13H15FN2O2. The van der Waals surface area contributed by atoms with Crippen LogP contribution in [0.25, 0.3) is 0 Å². The van der Waals surface area contributed by atoms with Crippen LogP contribution in [0.5, 0.6) is 0 Å². The van der Waals surface area contributed by atoms with Crippen LogP contribution in [0.1, 0.15) is 23.7 Å². The number of anilines is 1. The van der Waals surface area contributed by atoms with E-state index in [1.165, 1.54) is 6.07 Å². The number of primary amides is 1. The molecule has 4 nitrogen and oxygen atoms in total. The number of nitrogens with two attached hydrogens (primary N) is 1. The van der Waals surface area contributed by atoms with Crippen molar-refractivity contribution in [1.29, 1.82) is 0 Å². The molecule has 0 saturated carbocycles. The van der Waals surface area contributed by atoms with Crippen molar-refractivity contribution in [2.75, 3.05) is 18.0 Å². The third-order valence-electron chi connectivity index (χ3n) is 3.56. The topological polar surface area (TPSA) is 63.4 Å². The Kier molecular flexibility index (Phi) is 3.07. The summed E-state index contributed by atoms with van der Waals surface area (Å²) in [7, 11) is 0. The highest BCUT2D eigenvalue weighted by Crippen LogP contribution is 2.34. The fourth-order valence-corrected chi connectivity index (χ4v) is 2.29. The van der Waals surface area contributed by atoms with Gasteiger partial charge in [0.1, 0.15) is 5.82 Å². The van der Waals surface area contributed by atoms with Gasteiger partial charge >= 0.3 is 0 Å². The first kappa shape index (κ1) is 12.5. The standard InChI is InChI=1S/C13H15FN2O2/c1-13(12(15)18)5-6-16(8-13)11-4-2-3-10(14)9(11)7-17/h2-4,7H,5-6,8H2,1H3,(H2,15,18). The van der Waals surface area contributed by atoms with Crippen LogP contribution >= 0.6 is 0 Å². The molecule has 0 bridgehead atoms. The molecule has 0 spiro atoms. The van der Waals surface area contributed by atoms with Crippen molar-refractivity contribution >= 4 is 17.9 Å². The summed E-state index contributed by atoms with van der Waals surface area (Å²) < 4.78 is 13.5. The van der Waals surface area contributed by atoms with Gasteiger partial charge in [-0.05, 0) is 25.5 Å². The second-order valence-corrected chi connectivity index (χ2v) is 4.89. The minimum absolute atomic E-state index is 0.0335. The molecule has 1 aliphatic heterocycles. The van der Waals surface area contributed by atoms with Gasteiger partial charge in [-0.1, -0.05) is 6.07 Å². The minimum atomic E-state index is -0.619. The average molecular weight is 250 g/mol. The quantitative estimate of drug-likeness (QED) is 0.823. The highest BCUT2D eigenvalue weighted by atomic mass is 19.1. The summed E-state index contributed by atoms with van der Waals surface area (Å²) in [4.78, 5) is 24.1. The zero-order valence-corrected chi connectivity index (χ0v) is 10.1. The number of aldehydes is 1. The molecule has 1 atom stereocenters. The Balaban J connectivity index is 2.33. The summed E-state index contributed by atoms with van der Waals surface area (Å²) in [5.74, 6) is -0.913. The van der Waals surface area contributed by atoms with Gasteiger partial charge in [-0.3, -0.25) is 9.59 Å². The molecule has 1 fully saturated rings. The predicted molar refractivity (Wildman–Crippen MR) is 65.9 cm³/mol. The predicted octanol–water partition coefficient (Wildman–Crippen LogP) is 1.34. The van der Waals surface area contributed by atoms with E-state index in [4.69, 9.17) is 5.73 Å². The number of carbonyl (C=O) groups excluding carboxylic acids is 2. The minimum Gasteiger partial charge on any atom is -0.370 e. The lowest BCUT2D eigenvalue weighted by atomic mass is 9.89. The molecule has 2 N–H and O–H groups in total. The highest BCUT2D eigenvalue weighted by Gasteiger charge is 2.39. The Hall–Kier alpha value is -1.91. The van der Waals surface area contributed by atoms with Crippen LogP contribution in [0.4, 0.5) is 10.1 Å². The summed E-state index contributed by atoms with van der Waals surface area (Å²) in [6.07, 6.45) is 1.11. The number of hydrogen-bond donors (Lipinski definition) is 1. The monoisotopic (exact) mass is 250 g/mol. The first-order valence-electron chi connectivity index (χ1n) is 5.76. The number of amides is 1.